The zero-order valence-corrected chi connectivity index (χ0v) is 65.6. The van der Waals surface area contributed by atoms with Crippen LogP contribution in [0, 0.1) is 0 Å². The number of benzene rings is 6. The van der Waals surface area contributed by atoms with E-state index in [1.54, 1.807) is 0 Å². The van der Waals surface area contributed by atoms with Crippen LogP contribution >= 0.6 is 0 Å². The Hall–Kier alpha value is -5.00. The summed E-state index contributed by atoms with van der Waals surface area (Å²) in [6.45, 7) is 17.9. The fourth-order valence-electron chi connectivity index (χ4n) is 16.1. The zero-order chi connectivity index (χ0) is 70.4. The Morgan fingerprint density at radius 1 is 0.133 bits per heavy atom. The summed E-state index contributed by atoms with van der Waals surface area (Å²) in [5.41, 5.74) is 8.04. The van der Waals surface area contributed by atoms with Gasteiger partial charge < -0.3 is 26.9 Å². The molecule has 0 amide bonds. The van der Waals surface area contributed by atoms with E-state index >= 15 is 0 Å². The zero-order valence-electron chi connectivity index (χ0n) is 65.6. The summed E-state index contributed by atoms with van der Waals surface area (Å²) in [5.74, 6) is 0. The first-order valence-corrected chi connectivity index (χ1v) is 40.1. The Bertz CT molecular complexity index is 2550. The minimum absolute atomic E-state index is 0.771. The van der Waals surface area contributed by atoms with Gasteiger partial charge in [-0.05, 0) is 253 Å². The van der Waals surface area contributed by atoms with Crippen LogP contribution in [0.4, 0.5) is 34.1 Å². The Kier molecular flexibility index (Phi) is 36.0. The Balaban J connectivity index is 0.695. The van der Waals surface area contributed by atoms with Gasteiger partial charge >= 0.3 is 0 Å². The maximum atomic E-state index is 2.49. The van der Waals surface area contributed by atoms with Crippen LogP contribution in [-0.4, -0.2) is 203 Å². The van der Waals surface area contributed by atoms with Crippen molar-refractivity contribution in [2.75, 3.05) is 176 Å². The largest absolute Gasteiger partial charge is 0.328 e. The highest BCUT2D eigenvalue weighted by atomic mass is 15.4. The van der Waals surface area contributed by atoms with Gasteiger partial charge in [0.05, 0.1) is 176 Å². The van der Waals surface area contributed by atoms with Crippen LogP contribution in [0.1, 0.15) is 180 Å². The molecule has 6 aromatic rings. The number of rotatable bonds is 55. The minimum atomic E-state index is 0.771. The SMILES string of the molecule is C[N+](C)(CCCCCC[N+](C)(C)CCCCCC[N+](C)(C)CCCCCC[N+](C)(C)CCCCCC[N+](c1ccccc1)(c1ccccc1)c1ccccc1)CCCCCC[N+](C)(C)CCCCCC[N+](C)(C)CCCCCC[N+](c1ccccc1)(c1ccccc1)c1ccccc1. The molecular formula is C90H150N8+8. The van der Waals surface area contributed by atoms with E-state index in [2.05, 4.69) is 267 Å². The fourth-order valence-corrected chi connectivity index (χ4v) is 16.1. The molecule has 0 saturated carbocycles. The number of para-hydroxylation sites is 6. The van der Waals surface area contributed by atoms with Gasteiger partial charge in [-0.3, -0.25) is 0 Å². The number of hydrogen-bond donors (Lipinski definition) is 0. The third kappa shape index (κ3) is 30.3. The standard InChI is InChI=1S/C90H150N8/c1-91(2,73-47-15-17-49-75-93(5,6)77-51-19-21-53-79-95(9,10)81-55-23-25-57-83-97(85-59-33-27-34-60-85,86-61-35-28-36-62-86)87-63-37-29-38-64-87)71-45-13-14-46-72-92(3,4)74-48-16-18-50-76-94(7,8)78-52-20-22-54-80-96(11,12)82-56-24-26-58-84-98(88-65-39-30-40-66-88,89-67-41-31-42-68-89)90-69-43-32-44-70-90/h27-44,59-70H,13-26,45-58,71-84H2,1-12H3/q+8. The van der Waals surface area contributed by atoms with Gasteiger partial charge in [-0.2, -0.15) is 0 Å². The van der Waals surface area contributed by atoms with E-state index in [0.717, 1.165) is 31.0 Å². The van der Waals surface area contributed by atoms with E-state index in [9.17, 15) is 0 Å². The molecule has 0 bridgehead atoms. The molecule has 0 unspecified atom stereocenters. The van der Waals surface area contributed by atoms with E-state index in [-0.39, 0.29) is 0 Å². The molecule has 8 nitrogen and oxygen atoms in total. The van der Waals surface area contributed by atoms with Crippen LogP contribution in [0.3, 0.4) is 0 Å². The lowest BCUT2D eigenvalue weighted by Crippen LogP contribution is -2.42. The highest BCUT2D eigenvalue weighted by molar-refractivity contribution is 5.72. The smallest absolute Gasteiger partial charge is 0.143 e. The van der Waals surface area contributed by atoms with Crippen LogP contribution in [0.2, 0.25) is 0 Å². The second-order valence-corrected chi connectivity index (χ2v) is 34.3. The molecule has 0 aliphatic carbocycles. The molecule has 0 aliphatic rings. The second-order valence-electron chi connectivity index (χ2n) is 34.3. The van der Waals surface area contributed by atoms with Gasteiger partial charge in [0.1, 0.15) is 34.1 Å². The normalized spacial score (nSPS) is 13.0. The lowest BCUT2D eigenvalue weighted by Gasteiger charge is -2.37. The third-order valence-corrected chi connectivity index (χ3v) is 22.6. The van der Waals surface area contributed by atoms with Gasteiger partial charge in [-0.25, -0.2) is 8.97 Å². The van der Waals surface area contributed by atoms with Crippen molar-refractivity contribution in [3.63, 3.8) is 0 Å². The molecule has 0 aliphatic heterocycles. The molecular weight excluding hydrogens is 1190 g/mol. The first-order chi connectivity index (χ1) is 47.1. The molecule has 0 saturated heterocycles. The van der Waals surface area contributed by atoms with Crippen LogP contribution in [0.5, 0.6) is 0 Å². The highest BCUT2D eigenvalue weighted by Crippen LogP contribution is 2.45. The van der Waals surface area contributed by atoms with Crippen LogP contribution in [-0.2, 0) is 0 Å². The maximum absolute atomic E-state index is 2.49. The Morgan fingerprint density at radius 2 is 0.235 bits per heavy atom. The summed E-state index contributed by atoms with van der Waals surface area (Å²) in [5, 5.41) is 0. The molecule has 0 spiro atoms. The van der Waals surface area contributed by atoms with Crippen molar-refractivity contribution in [2.45, 2.75) is 180 Å². The summed E-state index contributed by atoms with van der Waals surface area (Å²) in [6, 6.07) is 67.0. The van der Waals surface area contributed by atoms with E-state index in [1.807, 2.05) is 0 Å². The van der Waals surface area contributed by atoms with Crippen molar-refractivity contribution in [3.05, 3.63) is 182 Å². The van der Waals surface area contributed by atoms with E-state index in [1.165, 1.54) is 310 Å². The van der Waals surface area contributed by atoms with Crippen LogP contribution in [0.15, 0.2) is 182 Å². The average molecular weight is 1340 g/mol. The fraction of sp³-hybridized carbons (Fsp3) is 0.600. The van der Waals surface area contributed by atoms with Gasteiger partial charge in [0.2, 0.25) is 0 Å². The van der Waals surface area contributed by atoms with E-state index in [0.29, 0.717) is 0 Å². The summed E-state index contributed by atoms with van der Waals surface area (Å²) < 4.78 is 8.61. The molecule has 0 atom stereocenters. The Morgan fingerprint density at radius 3 is 0.347 bits per heavy atom. The van der Waals surface area contributed by atoms with Gasteiger partial charge in [-0.15, -0.1) is 0 Å². The van der Waals surface area contributed by atoms with E-state index < -0.39 is 0 Å². The maximum Gasteiger partial charge on any atom is 0.143 e. The monoisotopic (exact) mass is 1340 g/mol. The molecule has 0 heterocycles. The summed E-state index contributed by atoms with van der Waals surface area (Å²) >= 11 is 0. The predicted octanol–water partition coefficient (Wildman–Crippen LogP) is 21.7. The molecule has 6 rings (SSSR count). The van der Waals surface area contributed by atoms with E-state index in [4.69, 9.17) is 0 Å². The molecule has 0 aromatic heterocycles. The van der Waals surface area contributed by atoms with Gasteiger partial charge in [-0.1, -0.05) is 109 Å². The lowest BCUT2D eigenvalue weighted by atomic mass is 10.1. The number of unbranched alkanes of at least 4 members (excludes halogenated alkanes) is 21. The summed E-state index contributed by atoms with van der Waals surface area (Å²) in [4.78, 5) is 0. The van der Waals surface area contributed by atoms with Gasteiger partial charge in [0.25, 0.3) is 0 Å². The first-order valence-electron chi connectivity index (χ1n) is 40.1. The average Bonchev–Trinajstić information content (AvgIpc) is 0.768. The second kappa shape index (κ2) is 43.1. The van der Waals surface area contributed by atoms with Crippen molar-refractivity contribution in [1.82, 2.24) is 8.97 Å². The number of quaternary nitrogens is 8. The number of nitrogens with zero attached hydrogens (tertiary/aromatic N) is 8. The number of hydrogen-bond acceptors (Lipinski definition) is 0. The van der Waals surface area contributed by atoms with Crippen molar-refractivity contribution >= 4 is 34.1 Å². The summed E-state index contributed by atoms with van der Waals surface area (Å²) in [7, 11) is 29.7. The van der Waals surface area contributed by atoms with Crippen LogP contribution < -0.4 is 8.97 Å². The molecule has 98 heavy (non-hydrogen) atoms. The van der Waals surface area contributed by atoms with Crippen LogP contribution in [0.25, 0.3) is 0 Å². The molecule has 8 heteroatoms. The highest BCUT2D eigenvalue weighted by Gasteiger charge is 2.37. The lowest BCUT2D eigenvalue weighted by molar-refractivity contribution is -0.892. The minimum Gasteiger partial charge on any atom is -0.328 e. The van der Waals surface area contributed by atoms with Gasteiger partial charge in [0.15, 0.2) is 0 Å². The third-order valence-electron chi connectivity index (χ3n) is 22.6. The predicted molar refractivity (Wildman–Crippen MR) is 431 cm³/mol. The summed E-state index contributed by atoms with van der Waals surface area (Å²) in [6.07, 6.45) is 37.7. The van der Waals surface area contributed by atoms with Gasteiger partial charge in [0, 0.05) is 0 Å². The molecule has 6 aromatic carbocycles. The van der Waals surface area contributed by atoms with Crippen molar-refractivity contribution < 1.29 is 26.9 Å². The molecule has 542 valence electrons. The van der Waals surface area contributed by atoms with Crippen molar-refractivity contribution in [2.24, 2.45) is 0 Å². The molecule has 0 radical (unpaired) electrons. The van der Waals surface area contributed by atoms with Crippen molar-refractivity contribution in [3.8, 4) is 0 Å². The first kappa shape index (κ1) is 82.0. The Labute approximate surface area is 604 Å². The molecule has 0 N–H and O–H groups in total. The van der Waals surface area contributed by atoms with Crippen molar-refractivity contribution in [1.29, 1.82) is 0 Å². The topological polar surface area (TPSA) is 0 Å². The molecule has 0 fully saturated rings. The quantitative estimate of drug-likeness (QED) is 0.0264.